The summed E-state index contributed by atoms with van der Waals surface area (Å²) in [6.45, 7) is 2.18. The Balaban J connectivity index is 1.52. The summed E-state index contributed by atoms with van der Waals surface area (Å²) in [5.41, 5.74) is 2.69. The molecule has 0 aromatic heterocycles. The van der Waals surface area contributed by atoms with Gasteiger partial charge in [0.05, 0.1) is 6.61 Å². The molecule has 0 aliphatic heterocycles. The van der Waals surface area contributed by atoms with Gasteiger partial charge in [0.15, 0.2) is 0 Å². The lowest BCUT2D eigenvalue weighted by Gasteiger charge is -2.19. The molecule has 3 N–H and O–H groups in total. The van der Waals surface area contributed by atoms with Gasteiger partial charge in [0.2, 0.25) is 0 Å². The number of hydrogen-bond donors (Lipinski definition) is 3. The van der Waals surface area contributed by atoms with E-state index in [0.29, 0.717) is 6.61 Å². The highest BCUT2D eigenvalue weighted by Crippen LogP contribution is 2.26. The van der Waals surface area contributed by atoms with Crippen LogP contribution in [0.1, 0.15) is 24.8 Å². The van der Waals surface area contributed by atoms with Gasteiger partial charge in [-0.2, -0.15) is 0 Å². The van der Waals surface area contributed by atoms with E-state index in [4.69, 9.17) is 9.94 Å². The first-order valence-electron chi connectivity index (χ1n) is 11.3. The van der Waals surface area contributed by atoms with Gasteiger partial charge in [-0.25, -0.2) is 9.87 Å². The number of carbonyl (C=O) groups is 1. The predicted molar refractivity (Wildman–Crippen MR) is 129 cm³/mol. The van der Waals surface area contributed by atoms with Crippen molar-refractivity contribution < 1.29 is 19.1 Å². The number of allylic oxidation sites excluding steroid dienone is 1. The topological polar surface area (TPSA) is 70.6 Å². The summed E-state index contributed by atoms with van der Waals surface area (Å²) < 4.78 is 19.3. The lowest BCUT2D eigenvalue weighted by molar-refractivity contribution is -0.124. The fourth-order valence-electron chi connectivity index (χ4n) is 3.72. The standard InChI is InChI=1S/C27H31FN2O3/c28-24-15-13-21(14-16-24)17-18-29-19-22(7-2-1-3-12-27(31)30-32)20-33-26-11-6-9-23-8-4-5-10-25(23)26/h3-6,8-16,22,29,32H,1-2,7,17-20H2,(H,30,31). The molecule has 33 heavy (non-hydrogen) atoms. The van der Waals surface area contributed by atoms with Crippen LogP contribution in [0.25, 0.3) is 10.8 Å². The molecule has 0 radical (unpaired) electrons. The molecule has 0 aliphatic carbocycles. The van der Waals surface area contributed by atoms with E-state index in [9.17, 15) is 9.18 Å². The summed E-state index contributed by atoms with van der Waals surface area (Å²) in [7, 11) is 0. The van der Waals surface area contributed by atoms with Crippen LogP contribution in [-0.4, -0.2) is 30.8 Å². The van der Waals surface area contributed by atoms with Crippen molar-refractivity contribution in [1.29, 1.82) is 0 Å². The van der Waals surface area contributed by atoms with Gasteiger partial charge in [-0.05, 0) is 61.4 Å². The molecule has 3 rings (SSSR count). The minimum absolute atomic E-state index is 0.220. The number of carbonyl (C=O) groups excluding carboxylic acids is 1. The van der Waals surface area contributed by atoms with E-state index in [-0.39, 0.29) is 11.7 Å². The van der Waals surface area contributed by atoms with Crippen LogP contribution in [0.2, 0.25) is 0 Å². The molecule has 6 heteroatoms. The van der Waals surface area contributed by atoms with Gasteiger partial charge in [-0.15, -0.1) is 0 Å². The number of hydroxylamine groups is 1. The molecule has 0 aliphatic rings. The summed E-state index contributed by atoms with van der Waals surface area (Å²) in [5.74, 6) is 0.428. The normalized spacial score (nSPS) is 12.2. The Labute approximate surface area is 194 Å². The first-order chi connectivity index (χ1) is 16.2. The molecule has 0 heterocycles. The van der Waals surface area contributed by atoms with Crippen LogP contribution >= 0.6 is 0 Å². The van der Waals surface area contributed by atoms with Gasteiger partial charge in [0.25, 0.3) is 5.91 Å². The zero-order valence-electron chi connectivity index (χ0n) is 18.7. The second kappa shape index (κ2) is 13.4. The fourth-order valence-corrected chi connectivity index (χ4v) is 3.72. The Morgan fingerprint density at radius 1 is 1.06 bits per heavy atom. The number of amides is 1. The molecular formula is C27H31FN2O3. The monoisotopic (exact) mass is 450 g/mol. The van der Waals surface area contributed by atoms with E-state index in [1.165, 1.54) is 18.2 Å². The number of unbranched alkanes of at least 4 members (excludes halogenated alkanes) is 1. The van der Waals surface area contributed by atoms with E-state index in [1.54, 1.807) is 11.6 Å². The van der Waals surface area contributed by atoms with Crippen molar-refractivity contribution in [2.45, 2.75) is 25.7 Å². The molecule has 0 saturated carbocycles. The van der Waals surface area contributed by atoms with Crippen LogP contribution < -0.4 is 15.5 Å². The number of rotatable bonds is 13. The van der Waals surface area contributed by atoms with E-state index < -0.39 is 5.91 Å². The molecule has 1 amide bonds. The lowest BCUT2D eigenvalue weighted by Crippen LogP contribution is -2.28. The van der Waals surface area contributed by atoms with Crippen molar-refractivity contribution in [3.8, 4) is 5.75 Å². The third-order valence-corrected chi connectivity index (χ3v) is 5.52. The average Bonchev–Trinajstić information content (AvgIpc) is 2.85. The number of nitrogens with one attached hydrogen (secondary N) is 2. The molecule has 0 saturated heterocycles. The third kappa shape index (κ3) is 8.33. The van der Waals surface area contributed by atoms with E-state index in [0.717, 1.165) is 60.9 Å². The molecule has 0 spiro atoms. The Morgan fingerprint density at radius 3 is 2.67 bits per heavy atom. The molecule has 1 atom stereocenters. The molecule has 3 aromatic rings. The zero-order chi connectivity index (χ0) is 23.3. The Kier molecular flexibility index (Phi) is 9.88. The Morgan fingerprint density at radius 2 is 1.85 bits per heavy atom. The highest BCUT2D eigenvalue weighted by molar-refractivity contribution is 5.88. The summed E-state index contributed by atoms with van der Waals surface area (Å²) >= 11 is 0. The second-order valence-corrected chi connectivity index (χ2v) is 8.04. The van der Waals surface area contributed by atoms with Gasteiger partial charge in [0.1, 0.15) is 11.6 Å². The van der Waals surface area contributed by atoms with Gasteiger partial charge in [-0.1, -0.05) is 54.6 Å². The van der Waals surface area contributed by atoms with Crippen LogP contribution in [0.3, 0.4) is 0 Å². The zero-order valence-corrected chi connectivity index (χ0v) is 18.7. The first-order valence-corrected chi connectivity index (χ1v) is 11.3. The number of fused-ring (bicyclic) bond motifs is 1. The van der Waals surface area contributed by atoms with Gasteiger partial charge in [0, 0.05) is 23.9 Å². The summed E-state index contributed by atoms with van der Waals surface area (Å²) in [6.07, 6.45) is 6.50. The minimum Gasteiger partial charge on any atom is -0.493 e. The van der Waals surface area contributed by atoms with Crippen LogP contribution in [-0.2, 0) is 11.2 Å². The average molecular weight is 451 g/mol. The van der Waals surface area contributed by atoms with Crippen molar-refractivity contribution in [3.05, 3.63) is 90.3 Å². The van der Waals surface area contributed by atoms with Crippen molar-refractivity contribution in [1.82, 2.24) is 10.8 Å². The number of ether oxygens (including phenoxy) is 1. The third-order valence-electron chi connectivity index (χ3n) is 5.52. The quantitative estimate of drug-likeness (QED) is 0.148. The van der Waals surface area contributed by atoms with E-state index in [1.807, 2.05) is 36.4 Å². The highest BCUT2D eigenvalue weighted by atomic mass is 19.1. The molecular weight excluding hydrogens is 419 g/mol. The molecule has 3 aromatic carbocycles. The molecule has 1 unspecified atom stereocenters. The Bertz CT molecular complexity index is 1030. The first kappa shape index (κ1) is 24.4. The summed E-state index contributed by atoms with van der Waals surface area (Å²) in [6, 6.07) is 20.8. The largest absolute Gasteiger partial charge is 0.493 e. The van der Waals surface area contributed by atoms with Gasteiger partial charge >= 0.3 is 0 Å². The molecule has 0 bridgehead atoms. The Hall–Kier alpha value is -3.22. The van der Waals surface area contributed by atoms with Crippen molar-refractivity contribution in [2.75, 3.05) is 19.7 Å². The number of halogens is 1. The van der Waals surface area contributed by atoms with Crippen LogP contribution in [0.15, 0.2) is 78.9 Å². The highest BCUT2D eigenvalue weighted by Gasteiger charge is 2.11. The van der Waals surface area contributed by atoms with Crippen molar-refractivity contribution in [3.63, 3.8) is 0 Å². The SMILES string of the molecule is O=C(C=CCCCC(CNCCc1ccc(F)cc1)COc1cccc2ccccc12)NO. The smallest absolute Gasteiger partial charge is 0.267 e. The predicted octanol–water partition coefficient (Wildman–Crippen LogP) is 5.04. The van der Waals surface area contributed by atoms with Crippen LogP contribution in [0.4, 0.5) is 4.39 Å². The lowest BCUT2D eigenvalue weighted by atomic mass is 10.0. The van der Waals surface area contributed by atoms with Crippen LogP contribution in [0.5, 0.6) is 5.75 Å². The maximum absolute atomic E-state index is 13.1. The summed E-state index contributed by atoms with van der Waals surface area (Å²) in [5, 5.41) is 14.3. The molecule has 174 valence electrons. The number of hydrogen-bond acceptors (Lipinski definition) is 4. The number of benzene rings is 3. The fraction of sp³-hybridized carbons (Fsp3) is 0.296. The maximum atomic E-state index is 13.1. The minimum atomic E-state index is -0.520. The van der Waals surface area contributed by atoms with Crippen molar-refractivity contribution in [2.24, 2.45) is 5.92 Å². The maximum Gasteiger partial charge on any atom is 0.267 e. The van der Waals surface area contributed by atoms with Crippen molar-refractivity contribution >= 4 is 16.7 Å². The molecule has 5 nitrogen and oxygen atoms in total. The van der Waals surface area contributed by atoms with Gasteiger partial charge < -0.3 is 10.1 Å². The molecule has 0 fully saturated rings. The van der Waals surface area contributed by atoms with Gasteiger partial charge in [-0.3, -0.25) is 10.0 Å². The van der Waals surface area contributed by atoms with E-state index >= 15 is 0 Å². The summed E-state index contributed by atoms with van der Waals surface area (Å²) in [4.78, 5) is 11.1. The second-order valence-electron chi connectivity index (χ2n) is 8.04. The van der Waals surface area contributed by atoms with Crippen LogP contribution in [0, 0.1) is 11.7 Å². The van der Waals surface area contributed by atoms with E-state index in [2.05, 4.69) is 23.5 Å².